The molecule has 8 nitrogen and oxygen atoms in total. The molecule has 4 aromatic rings. The van der Waals surface area contributed by atoms with E-state index >= 15 is 0 Å². The summed E-state index contributed by atoms with van der Waals surface area (Å²) in [4.78, 5) is 12.7. The Bertz CT molecular complexity index is 1190. The first-order chi connectivity index (χ1) is 15.6. The van der Waals surface area contributed by atoms with Crippen molar-refractivity contribution < 1.29 is 19.0 Å². The van der Waals surface area contributed by atoms with Gasteiger partial charge in [0.2, 0.25) is 0 Å². The lowest BCUT2D eigenvalue weighted by atomic mass is 10.2. The van der Waals surface area contributed by atoms with Crippen molar-refractivity contribution in [1.82, 2.24) is 15.0 Å². The number of carbonyl (C=O) groups excluding carboxylic acids is 1. The number of rotatable bonds is 8. The second-order valence-electron chi connectivity index (χ2n) is 6.88. The number of nitrogens with one attached hydrogen (secondary N) is 1. The van der Waals surface area contributed by atoms with Gasteiger partial charge in [0.05, 0.1) is 27.0 Å². The number of carbonyl (C=O) groups is 1. The van der Waals surface area contributed by atoms with Crippen LogP contribution in [-0.2, 0) is 6.54 Å². The van der Waals surface area contributed by atoms with E-state index in [1.54, 1.807) is 67.6 Å². The van der Waals surface area contributed by atoms with Crippen LogP contribution in [0.25, 0.3) is 0 Å². The van der Waals surface area contributed by atoms with Gasteiger partial charge in [0.1, 0.15) is 11.5 Å². The third-order valence-electron chi connectivity index (χ3n) is 4.67. The topological polar surface area (TPSA) is 87.5 Å². The second-order valence-corrected chi connectivity index (χ2v) is 6.88. The number of hydrogen-bond acceptors (Lipinski definition) is 6. The van der Waals surface area contributed by atoms with Crippen LogP contribution in [0.4, 0.5) is 5.69 Å². The minimum atomic E-state index is -0.370. The zero-order valence-electron chi connectivity index (χ0n) is 17.7. The standard InChI is InChI=1S/C24H22N4O4/c1-30-19-9-11-20(12-10-19)32-23-14-18(8-13-22(23)31-2)25-24(29)21-16-28(27-26-21)15-17-6-4-3-5-7-17/h3-14,16H,15H2,1-2H3,(H,25,29). The van der Waals surface area contributed by atoms with Gasteiger partial charge in [-0.15, -0.1) is 5.10 Å². The summed E-state index contributed by atoms with van der Waals surface area (Å²) in [6.07, 6.45) is 1.61. The Labute approximate surface area is 185 Å². The van der Waals surface area contributed by atoms with Crippen molar-refractivity contribution in [2.45, 2.75) is 6.54 Å². The van der Waals surface area contributed by atoms with Crippen molar-refractivity contribution in [2.24, 2.45) is 0 Å². The molecule has 32 heavy (non-hydrogen) atoms. The van der Waals surface area contributed by atoms with Gasteiger partial charge in [-0.2, -0.15) is 0 Å². The van der Waals surface area contributed by atoms with E-state index in [9.17, 15) is 4.79 Å². The van der Waals surface area contributed by atoms with Crippen LogP contribution in [0.5, 0.6) is 23.0 Å². The molecule has 0 spiro atoms. The summed E-state index contributed by atoms with van der Waals surface area (Å²) in [5, 5.41) is 10.8. The van der Waals surface area contributed by atoms with Crippen molar-refractivity contribution in [2.75, 3.05) is 19.5 Å². The first kappa shape index (κ1) is 20.9. The molecule has 0 aliphatic heterocycles. The van der Waals surface area contributed by atoms with E-state index in [0.29, 0.717) is 29.5 Å². The van der Waals surface area contributed by atoms with Crippen LogP contribution in [-0.4, -0.2) is 35.1 Å². The van der Waals surface area contributed by atoms with Gasteiger partial charge in [-0.05, 0) is 42.0 Å². The third kappa shape index (κ3) is 5.04. The van der Waals surface area contributed by atoms with Gasteiger partial charge >= 0.3 is 0 Å². The Morgan fingerprint density at radius 3 is 2.38 bits per heavy atom. The SMILES string of the molecule is COc1ccc(Oc2cc(NC(=O)c3cn(Cc4ccccc4)nn3)ccc2OC)cc1. The summed E-state index contributed by atoms with van der Waals surface area (Å²) < 4.78 is 18.1. The number of amides is 1. The normalized spacial score (nSPS) is 10.4. The summed E-state index contributed by atoms with van der Waals surface area (Å²) >= 11 is 0. The largest absolute Gasteiger partial charge is 0.497 e. The third-order valence-corrected chi connectivity index (χ3v) is 4.67. The second kappa shape index (κ2) is 9.65. The number of aromatic nitrogens is 3. The van der Waals surface area contributed by atoms with Crippen LogP contribution in [0.1, 0.15) is 16.1 Å². The van der Waals surface area contributed by atoms with E-state index in [0.717, 1.165) is 11.3 Å². The van der Waals surface area contributed by atoms with Gasteiger partial charge in [-0.1, -0.05) is 35.5 Å². The lowest BCUT2D eigenvalue weighted by Crippen LogP contribution is -2.12. The predicted molar refractivity (Wildman–Crippen MR) is 120 cm³/mol. The monoisotopic (exact) mass is 430 g/mol. The van der Waals surface area contributed by atoms with Crippen molar-refractivity contribution in [1.29, 1.82) is 0 Å². The van der Waals surface area contributed by atoms with Gasteiger partial charge in [-0.25, -0.2) is 4.68 Å². The quantitative estimate of drug-likeness (QED) is 0.446. The number of hydrogen-bond donors (Lipinski definition) is 1. The van der Waals surface area contributed by atoms with Crippen LogP contribution < -0.4 is 19.5 Å². The van der Waals surface area contributed by atoms with Crippen molar-refractivity contribution in [3.63, 3.8) is 0 Å². The van der Waals surface area contributed by atoms with Crippen molar-refractivity contribution in [3.05, 3.63) is 90.3 Å². The first-order valence-electron chi connectivity index (χ1n) is 9.90. The average Bonchev–Trinajstić information content (AvgIpc) is 3.29. The number of benzene rings is 3. The molecule has 1 heterocycles. The number of anilines is 1. The average molecular weight is 430 g/mol. The minimum Gasteiger partial charge on any atom is -0.497 e. The maximum Gasteiger partial charge on any atom is 0.277 e. The zero-order valence-corrected chi connectivity index (χ0v) is 17.7. The Morgan fingerprint density at radius 1 is 0.906 bits per heavy atom. The van der Waals surface area contributed by atoms with E-state index in [1.165, 1.54) is 0 Å². The summed E-state index contributed by atoms with van der Waals surface area (Å²) in [5.41, 5.74) is 1.83. The van der Waals surface area contributed by atoms with Gasteiger partial charge in [0.25, 0.3) is 5.91 Å². The number of ether oxygens (including phenoxy) is 3. The predicted octanol–water partition coefficient (Wildman–Crippen LogP) is 4.39. The van der Waals surface area contributed by atoms with Crippen LogP contribution in [0, 0.1) is 0 Å². The van der Waals surface area contributed by atoms with E-state index in [4.69, 9.17) is 14.2 Å². The van der Waals surface area contributed by atoms with Gasteiger partial charge in [0, 0.05) is 11.8 Å². The number of methoxy groups -OCH3 is 2. The Balaban J connectivity index is 1.46. The molecule has 0 atom stereocenters. The molecule has 0 aliphatic rings. The van der Waals surface area contributed by atoms with Gasteiger partial charge < -0.3 is 19.5 Å². The molecular weight excluding hydrogens is 408 g/mol. The zero-order chi connectivity index (χ0) is 22.3. The highest BCUT2D eigenvalue weighted by molar-refractivity contribution is 6.02. The molecule has 4 rings (SSSR count). The fraction of sp³-hybridized carbons (Fsp3) is 0.125. The Kier molecular flexibility index (Phi) is 6.31. The molecule has 0 saturated heterocycles. The van der Waals surface area contributed by atoms with Crippen LogP contribution in [0.2, 0.25) is 0 Å². The van der Waals surface area contributed by atoms with Crippen molar-refractivity contribution >= 4 is 11.6 Å². The van der Waals surface area contributed by atoms with E-state index < -0.39 is 0 Å². The lowest BCUT2D eigenvalue weighted by molar-refractivity contribution is 0.102. The molecule has 8 heteroatoms. The van der Waals surface area contributed by atoms with E-state index in [1.807, 2.05) is 30.3 Å². The Hall–Kier alpha value is -4.33. The maximum absolute atomic E-state index is 12.7. The molecule has 0 unspecified atom stereocenters. The molecule has 1 amide bonds. The van der Waals surface area contributed by atoms with Crippen LogP contribution in [0.3, 0.4) is 0 Å². The molecule has 1 N–H and O–H groups in total. The Morgan fingerprint density at radius 2 is 1.66 bits per heavy atom. The smallest absolute Gasteiger partial charge is 0.277 e. The highest BCUT2D eigenvalue weighted by Gasteiger charge is 2.14. The van der Waals surface area contributed by atoms with Crippen LogP contribution >= 0.6 is 0 Å². The molecule has 0 saturated carbocycles. The number of nitrogens with zero attached hydrogens (tertiary/aromatic N) is 3. The first-order valence-corrected chi connectivity index (χ1v) is 9.90. The van der Waals surface area contributed by atoms with Gasteiger partial charge in [-0.3, -0.25) is 4.79 Å². The molecular formula is C24H22N4O4. The van der Waals surface area contributed by atoms with Gasteiger partial charge in [0.15, 0.2) is 17.2 Å². The molecule has 0 radical (unpaired) electrons. The lowest BCUT2D eigenvalue weighted by Gasteiger charge is -2.12. The summed E-state index contributed by atoms with van der Waals surface area (Å²) in [7, 11) is 3.16. The molecule has 0 aliphatic carbocycles. The highest BCUT2D eigenvalue weighted by atomic mass is 16.5. The summed E-state index contributed by atoms with van der Waals surface area (Å²) in [6.45, 7) is 0.531. The fourth-order valence-electron chi connectivity index (χ4n) is 3.05. The molecule has 3 aromatic carbocycles. The maximum atomic E-state index is 12.7. The van der Waals surface area contributed by atoms with Crippen LogP contribution in [0.15, 0.2) is 79.0 Å². The summed E-state index contributed by atoms with van der Waals surface area (Å²) in [5.74, 6) is 1.96. The minimum absolute atomic E-state index is 0.217. The highest BCUT2D eigenvalue weighted by Crippen LogP contribution is 2.34. The van der Waals surface area contributed by atoms with Crippen molar-refractivity contribution in [3.8, 4) is 23.0 Å². The fourth-order valence-corrected chi connectivity index (χ4v) is 3.05. The molecule has 1 aromatic heterocycles. The molecule has 0 bridgehead atoms. The van der Waals surface area contributed by atoms with E-state index in [-0.39, 0.29) is 11.6 Å². The summed E-state index contributed by atoms with van der Waals surface area (Å²) in [6, 6.07) is 22.1. The molecule has 0 fully saturated rings. The van der Waals surface area contributed by atoms with E-state index in [2.05, 4.69) is 15.6 Å². The molecule has 162 valence electrons.